The average molecular weight is 234 g/mol. The fourth-order valence-corrected chi connectivity index (χ4v) is 1.99. The molecule has 0 spiro atoms. The second kappa shape index (κ2) is 4.30. The van der Waals surface area contributed by atoms with Gasteiger partial charge in [0.1, 0.15) is 11.4 Å². The van der Waals surface area contributed by atoms with Crippen LogP contribution in [0.15, 0.2) is 36.5 Å². The van der Waals surface area contributed by atoms with Gasteiger partial charge in [0.25, 0.3) is 0 Å². The standard InChI is InChI=1S/C13H15FN2O/c1-13(17,12-7-8-15-16(12)2)9-10-3-5-11(14)6-4-10/h3-8,17H,9H2,1-2H3. The van der Waals surface area contributed by atoms with E-state index >= 15 is 0 Å². The molecule has 0 saturated carbocycles. The SMILES string of the molecule is Cn1nccc1C(C)(O)Cc1ccc(F)cc1. The van der Waals surface area contributed by atoms with Crippen molar-refractivity contribution in [2.45, 2.75) is 18.9 Å². The second-order valence-electron chi connectivity index (χ2n) is 4.42. The van der Waals surface area contributed by atoms with Crippen molar-refractivity contribution in [1.82, 2.24) is 9.78 Å². The van der Waals surface area contributed by atoms with E-state index in [9.17, 15) is 9.50 Å². The van der Waals surface area contributed by atoms with Crippen molar-refractivity contribution in [3.8, 4) is 0 Å². The molecule has 0 saturated heterocycles. The van der Waals surface area contributed by atoms with Gasteiger partial charge in [-0.3, -0.25) is 4.68 Å². The first kappa shape index (κ1) is 11.8. The Bertz CT molecular complexity index is 502. The molecule has 90 valence electrons. The second-order valence-corrected chi connectivity index (χ2v) is 4.42. The van der Waals surface area contributed by atoms with Crippen molar-refractivity contribution in [1.29, 1.82) is 0 Å². The molecule has 1 aromatic heterocycles. The smallest absolute Gasteiger partial charge is 0.123 e. The van der Waals surface area contributed by atoms with Crippen molar-refractivity contribution in [2.75, 3.05) is 0 Å². The molecular weight excluding hydrogens is 219 g/mol. The Morgan fingerprint density at radius 1 is 1.29 bits per heavy atom. The summed E-state index contributed by atoms with van der Waals surface area (Å²) in [5.41, 5.74) is 0.614. The summed E-state index contributed by atoms with van der Waals surface area (Å²) < 4.78 is 14.4. The number of nitrogens with zero attached hydrogens (tertiary/aromatic N) is 2. The fourth-order valence-electron chi connectivity index (χ4n) is 1.99. The summed E-state index contributed by atoms with van der Waals surface area (Å²) in [6, 6.07) is 7.94. The van der Waals surface area contributed by atoms with E-state index in [0.29, 0.717) is 6.42 Å². The minimum Gasteiger partial charge on any atom is -0.384 e. The van der Waals surface area contributed by atoms with Crippen LogP contribution in [-0.4, -0.2) is 14.9 Å². The number of hydrogen-bond donors (Lipinski definition) is 1. The van der Waals surface area contributed by atoms with Gasteiger partial charge in [-0.05, 0) is 30.7 Å². The third kappa shape index (κ3) is 2.53. The highest BCUT2D eigenvalue weighted by Crippen LogP contribution is 2.24. The summed E-state index contributed by atoms with van der Waals surface area (Å²) in [6.07, 6.45) is 2.07. The molecule has 0 radical (unpaired) electrons. The highest BCUT2D eigenvalue weighted by Gasteiger charge is 2.26. The van der Waals surface area contributed by atoms with E-state index in [2.05, 4.69) is 5.10 Å². The Labute approximate surface area is 99.5 Å². The molecule has 1 atom stereocenters. The van der Waals surface area contributed by atoms with Crippen LogP contribution in [0.25, 0.3) is 0 Å². The molecule has 2 rings (SSSR count). The van der Waals surface area contributed by atoms with Crippen molar-refractivity contribution < 1.29 is 9.50 Å². The molecule has 1 aromatic carbocycles. The van der Waals surface area contributed by atoms with Crippen LogP contribution in [0.2, 0.25) is 0 Å². The van der Waals surface area contributed by atoms with Crippen LogP contribution in [0.4, 0.5) is 4.39 Å². The van der Waals surface area contributed by atoms with Crippen LogP contribution in [-0.2, 0) is 19.1 Å². The number of aryl methyl sites for hydroxylation is 1. The largest absolute Gasteiger partial charge is 0.384 e. The summed E-state index contributed by atoms with van der Waals surface area (Å²) in [6.45, 7) is 1.73. The van der Waals surface area contributed by atoms with Crippen molar-refractivity contribution >= 4 is 0 Å². The van der Waals surface area contributed by atoms with Gasteiger partial charge in [-0.2, -0.15) is 5.10 Å². The molecule has 17 heavy (non-hydrogen) atoms. The zero-order chi connectivity index (χ0) is 12.5. The Morgan fingerprint density at radius 3 is 2.47 bits per heavy atom. The van der Waals surface area contributed by atoms with Crippen LogP contribution in [0.5, 0.6) is 0 Å². The monoisotopic (exact) mass is 234 g/mol. The summed E-state index contributed by atoms with van der Waals surface area (Å²) in [5.74, 6) is -0.270. The van der Waals surface area contributed by atoms with Gasteiger partial charge < -0.3 is 5.11 Å². The predicted octanol–water partition coefficient (Wildman–Crippen LogP) is 2.01. The van der Waals surface area contributed by atoms with Gasteiger partial charge in [-0.1, -0.05) is 12.1 Å². The van der Waals surface area contributed by atoms with E-state index in [1.807, 2.05) is 0 Å². The number of rotatable bonds is 3. The first-order chi connectivity index (χ1) is 7.99. The van der Waals surface area contributed by atoms with E-state index < -0.39 is 5.60 Å². The van der Waals surface area contributed by atoms with Gasteiger partial charge >= 0.3 is 0 Å². The highest BCUT2D eigenvalue weighted by atomic mass is 19.1. The maximum atomic E-state index is 12.8. The number of benzene rings is 1. The molecule has 0 fully saturated rings. The van der Waals surface area contributed by atoms with E-state index in [4.69, 9.17) is 0 Å². The van der Waals surface area contributed by atoms with E-state index in [-0.39, 0.29) is 5.82 Å². The summed E-state index contributed by atoms with van der Waals surface area (Å²) in [4.78, 5) is 0. The maximum absolute atomic E-state index is 12.8. The first-order valence-electron chi connectivity index (χ1n) is 5.44. The third-order valence-corrected chi connectivity index (χ3v) is 2.83. The van der Waals surface area contributed by atoms with Crippen LogP contribution >= 0.6 is 0 Å². The van der Waals surface area contributed by atoms with Gasteiger partial charge in [-0.15, -0.1) is 0 Å². The van der Waals surface area contributed by atoms with Gasteiger partial charge in [0.2, 0.25) is 0 Å². The summed E-state index contributed by atoms with van der Waals surface area (Å²) in [7, 11) is 1.79. The van der Waals surface area contributed by atoms with Crippen molar-refractivity contribution in [2.24, 2.45) is 7.05 Å². The zero-order valence-corrected chi connectivity index (χ0v) is 9.89. The number of aromatic nitrogens is 2. The van der Waals surface area contributed by atoms with Crippen LogP contribution in [0.1, 0.15) is 18.2 Å². The molecular formula is C13H15FN2O. The number of hydrogen-bond acceptors (Lipinski definition) is 2. The minimum absolute atomic E-state index is 0.270. The molecule has 0 aliphatic carbocycles. The number of aliphatic hydroxyl groups is 1. The van der Waals surface area contributed by atoms with Crippen LogP contribution in [0, 0.1) is 5.82 Å². The lowest BCUT2D eigenvalue weighted by Gasteiger charge is -2.23. The topological polar surface area (TPSA) is 38.0 Å². The molecule has 3 nitrogen and oxygen atoms in total. The molecule has 1 heterocycles. The number of halogens is 1. The molecule has 4 heteroatoms. The van der Waals surface area contributed by atoms with E-state index in [1.54, 1.807) is 43.0 Å². The predicted molar refractivity (Wildman–Crippen MR) is 62.9 cm³/mol. The normalized spacial score (nSPS) is 14.6. The molecule has 0 aliphatic rings. The van der Waals surface area contributed by atoms with Gasteiger partial charge in [-0.25, -0.2) is 4.39 Å². The van der Waals surface area contributed by atoms with Crippen molar-refractivity contribution in [3.63, 3.8) is 0 Å². The molecule has 0 aliphatic heterocycles. The summed E-state index contributed by atoms with van der Waals surface area (Å²) >= 11 is 0. The van der Waals surface area contributed by atoms with E-state index in [0.717, 1.165) is 11.3 Å². The molecule has 1 N–H and O–H groups in total. The maximum Gasteiger partial charge on any atom is 0.123 e. The lowest BCUT2D eigenvalue weighted by Crippen LogP contribution is -2.27. The molecule has 1 unspecified atom stereocenters. The van der Waals surface area contributed by atoms with E-state index in [1.165, 1.54) is 12.1 Å². The molecule has 0 bridgehead atoms. The Morgan fingerprint density at radius 2 is 1.94 bits per heavy atom. The van der Waals surface area contributed by atoms with Gasteiger partial charge in [0, 0.05) is 19.7 Å². The lowest BCUT2D eigenvalue weighted by atomic mass is 9.93. The Hall–Kier alpha value is -1.68. The van der Waals surface area contributed by atoms with Gasteiger partial charge in [0.15, 0.2) is 0 Å². The first-order valence-corrected chi connectivity index (χ1v) is 5.44. The Balaban J connectivity index is 2.23. The average Bonchev–Trinajstić information content (AvgIpc) is 2.68. The fraction of sp³-hybridized carbons (Fsp3) is 0.308. The van der Waals surface area contributed by atoms with Crippen LogP contribution < -0.4 is 0 Å². The van der Waals surface area contributed by atoms with Crippen molar-refractivity contribution in [3.05, 3.63) is 53.6 Å². The highest BCUT2D eigenvalue weighted by molar-refractivity contribution is 5.21. The zero-order valence-electron chi connectivity index (χ0n) is 9.89. The third-order valence-electron chi connectivity index (χ3n) is 2.83. The minimum atomic E-state index is -1.01. The molecule has 2 aromatic rings. The van der Waals surface area contributed by atoms with Gasteiger partial charge in [0.05, 0.1) is 5.69 Å². The lowest BCUT2D eigenvalue weighted by molar-refractivity contribution is 0.0489. The Kier molecular flexibility index (Phi) is 2.98. The van der Waals surface area contributed by atoms with Crippen LogP contribution in [0.3, 0.4) is 0 Å². The molecule has 0 amide bonds. The quantitative estimate of drug-likeness (QED) is 0.882. The summed E-state index contributed by atoms with van der Waals surface area (Å²) in [5, 5.41) is 14.5.